The summed E-state index contributed by atoms with van der Waals surface area (Å²) in [5.41, 5.74) is 2.88. The van der Waals surface area contributed by atoms with Crippen molar-refractivity contribution < 1.29 is 9.59 Å². The number of carbonyl (C=O) groups excluding carboxylic acids is 2. The third-order valence-corrected chi connectivity index (χ3v) is 5.12. The molecule has 0 aliphatic carbocycles. The molecule has 27 heavy (non-hydrogen) atoms. The molecule has 2 aromatic carbocycles. The van der Waals surface area contributed by atoms with Gasteiger partial charge in [0, 0.05) is 12.1 Å². The van der Waals surface area contributed by atoms with Crippen LogP contribution in [0.5, 0.6) is 0 Å². The summed E-state index contributed by atoms with van der Waals surface area (Å²) < 4.78 is 0. The van der Waals surface area contributed by atoms with Gasteiger partial charge in [0.1, 0.15) is 6.04 Å². The smallest absolute Gasteiger partial charge is 0.262 e. The van der Waals surface area contributed by atoms with Crippen LogP contribution in [0.3, 0.4) is 0 Å². The first-order valence-corrected chi connectivity index (χ1v) is 9.81. The van der Waals surface area contributed by atoms with E-state index in [1.165, 1.54) is 11.3 Å². The van der Waals surface area contributed by atoms with E-state index in [4.69, 9.17) is 0 Å². The number of hydrogen-bond acceptors (Lipinski definition) is 3. The Balaban J connectivity index is 1.77. The first-order valence-electron chi connectivity index (χ1n) is 8.94. The van der Waals surface area contributed by atoms with E-state index in [9.17, 15) is 9.59 Å². The maximum atomic E-state index is 12.9. The summed E-state index contributed by atoms with van der Waals surface area (Å²) in [5.74, 6) is -0.458. The minimum atomic E-state index is -0.660. The molecular weight excluding hydrogens is 356 g/mol. The Kier molecular flexibility index (Phi) is 6.39. The van der Waals surface area contributed by atoms with Crippen LogP contribution >= 0.6 is 11.3 Å². The van der Waals surface area contributed by atoms with Crippen LogP contribution in [0.1, 0.15) is 27.7 Å². The van der Waals surface area contributed by atoms with E-state index in [-0.39, 0.29) is 11.8 Å². The lowest BCUT2D eigenvalue weighted by atomic mass is 10.0. The number of benzene rings is 2. The minimum absolute atomic E-state index is 0.225. The van der Waals surface area contributed by atoms with Gasteiger partial charge in [0.25, 0.3) is 5.91 Å². The van der Waals surface area contributed by atoms with E-state index in [1.807, 2.05) is 66.0 Å². The van der Waals surface area contributed by atoms with Crippen LogP contribution in [0.15, 0.2) is 72.1 Å². The van der Waals surface area contributed by atoms with Crippen molar-refractivity contribution >= 4 is 28.8 Å². The standard InChI is InChI=1S/C22H22N2O2S/c1-2-16-10-6-11-18(14-16)23-21(25)19(15-17-8-4-3-5-9-17)24-22(26)20-12-7-13-27-20/h3-14,19H,2,15H2,1H3,(H,23,25)(H,24,26)/t19-/m0/s1. The third kappa shape index (κ3) is 5.28. The number of rotatable bonds is 7. The molecule has 3 aromatic rings. The van der Waals surface area contributed by atoms with Crippen LogP contribution in [-0.2, 0) is 17.6 Å². The number of nitrogens with one attached hydrogen (secondary N) is 2. The average molecular weight is 378 g/mol. The predicted octanol–water partition coefficient (Wildman–Crippen LogP) is 4.29. The number of aryl methyl sites for hydroxylation is 1. The molecule has 1 atom stereocenters. The lowest BCUT2D eigenvalue weighted by Crippen LogP contribution is -2.45. The molecule has 0 spiro atoms. The highest BCUT2D eigenvalue weighted by Crippen LogP contribution is 2.14. The summed E-state index contributed by atoms with van der Waals surface area (Å²) in [6.07, 6.45) is 1.32. The van der Waals surface area contributed by atoms with Crippen LogP contribution in [0.2, 0.25) is 0 Å². The van der Waals surface area contributed by atoms with E-state index < -0.39 is 6.04 Å². The second-order valence-corrected chi connectivity index (χ2v) is 7.18. The molecule has 0 bridgehead atoms. The van der Waals surface area contributed by atoms with Crippen molar-refractivity contribution in [3.05, 3.63) is 88.1 Å². The van der Waals surface area contributed by atoms with E-state index in [2.05, 4.69) is 17.6 Å². The second-order valence-electron chi connectivity index (χ2n) is 6.24. The third-order valence-electron chi connectivity index (χ3n) is 4.25. The molecule has 0 saturated heterocycles. The summed E-state index contributed by atoms with van der Waals surface area (Å²) in [6, 6.07) is 20.4. The highest BCUT2D eigenvalue weighted by molar-refractivity contribution is 7.12. The zero-order valence-electron chi connectivity index (χ0n) is 15.1. The molecule has 1 heterocycles. The Morgan fingerprint density at radius 2 is 1.74 bits per heavy atom. The maximum Gasteiger partial charge on any atom is 0.262 e. The van der Waals surface area contributed by atoms with Gasteiger partial charge < -0.3 is 10.6 Å². The van der Waals surface area contributed by atoms with Crippen LogP contribution in [-0.4, -0.2) is 17.9 Å². The Morgan fingerprint density at radius 3 is 2.44 bits per heavy atom. The lowest BCUT2D eigenvalue weighted by Gasteiger charge is -2.18. The number of amides is 2. The summed E-state index contributed by atoms with van der Waals surface area (Å²) in [6.45, 7) is 2.07. The van der Waals surface area contributed by atoms with E-state index in [1.54, 1.807) is 6.07 Å². The van der Waals surface area contributed by atoms with Gasteiger partial charge in [-0.25, -0.2) is 0 Å². The topological polar surface area (TPSA) is 58.2 Å². The lowest BCUT2D eigenvalue weighted by molar-refractivity contribution is -0.118. The molecule has 1 aromatic heterocycles. The highest BCUT2D eigenvalue weighted by Gasteiger charge is 2.22. The maximum absolute atomic E-state index is 12.9. The Morgan fingerprint density at radius 1 is 0.963 bits per heavy atom. The number of carbonyl (C=O) groups is 2. The second kappa shape index (κ2) is 9.14. The first kappa shape index (κ1) is 18.9. The van der Waals surface area contributed by atoms with Gasteiger partial charge in [-0.3, -0.25) is 9.59 Å². The van der Waals surface area contributed by atoms with Gasteiger partial charge in [-0.1, -0.05) is 55.5 Å². The van der Waals surface area contributed by atoms with Crippen molar-refractivity contribution in [2.24, 2.45) is 0 Å². The van der Waals surface area contributed by atoms with Crippen molar-refractivity contribution in [2.45, 2.75) is 25.8 Å². The van der Waals surface area contributed by atoms with Gasteiger partial charge in [0.15, 0.2) is 0 Å². The van der Waals surface area contributed by atoms with Crippen molar-refractivity contribution in [3.8, 4) is 0 Å². The Bertz CT molecular complexity index is 892. The quantitative estimate of drug-likeness (QED) is 0.644. The Labute approximate surface area is 163 Å². The fraction of sp³-hybridized carbons (Fsp3) is 0.182. The predicted molar refractivity (Wildman–Crippen MR) is 110 cm³/mol. The first-order chi connectivity index (χ1) is 13.2. The summed E-state index contributed by atoms with van der Waals surface area (Å²) in [5, 5.41) is 7.66. The fourth-order valence-electron chi connectivity index (χ4n) is 2.79. The molecule has 4 nitrogen and oxygen atoms in total. The van der Waals surface area contributed by atoms with Gasteiger partial charge in [0.05, 0.1) is 4.88 Å². The summed E-state index contributed by atoms with van der Waals surface area (Å²) in [7, 11) is 0. The van der Waals surface area contributed by atoms with Gasteiger partial charge in [-0.2, -0.15) is 0 Å². The minimum Gasteiger partial charge on any atom is -0.339 e. The zero-order chi connectivity index (χ0) is 19.1. The molecule has 0 radical (unpaired) electrons. The monoisotopic (exact) mass is 378 g/mol. The largest absolute Gasteiger partial charge is 0.339 e. The molecule has 0 saturated carbocycles. The Hall–Kier alpha value is -2.92. The molecule has 2 amide bonds. The zero-order valence-corrected chi connectivity index (χ0v) is 16.0. The number of anilines is 1. The van der Waals surface area contributed by atoms with E-state index >= 15 is 0 Å². The molecule has 2 N–H and O–H groups in total. The summed E-state index contributed by atoms with van der Waals surface area (Å²) in [4.78, 5) is 26.0. The van der Waals surface area contributed by atoms with E-state index in [0.717, 1.165) is 23.2 Å². The van der Waals surface area contributed by atoms with Crippen molar-refractivity contribution in [1.29, 1.82) is 0 Å². The van der Waals surface area contributed by atoms with Crippen molar-refractivity contribution in [1.82, 2.24) is 5.32 Å². The average Bonchev–Trinajstić information content (AvgIpc) is 3.23. The molecule has 0 fully saturated rings. The van der Waals surface area contributed by atoms with Crippen LogP contribution in [0.25, 0.3) is 0 Å². The van der Waals surface area contributed by atoms with Gasteiger partial charge in [-0.05, 0) is 41.1 Å². The number of thiophene rings is 1. The van der Waals surface area contributed by atoms with Crippen LogP contribution < -0.4 is 10.6 Å². The van der Waals surface area contributed by atoms with Crippen LogP contribution in [0.4, 0.5) is 5.69 Å². The van der Waals surface area contributed by atoms with Gasteiger partial charge in [0.2, 0.25) is 5.91 Å². The fourth-order valence-corrected chi connectivity index (χ4v) is 3.42. The van der Waals surface area contributed by atoms with Crippen molar-refractivity contribution in [3.63, 3.8) is 0 Å². The number of hydrogen-bond donors (Lipinski definition) is 2. The molecule has 138 valence electrons. The van der Waals surface area contributed by atoms with Gasteiger partial charge in [-0.15, -0.1) is 11.3 Å². The highest BCUT2D eigenvalue weighted by atomic mass is 32.1. The molecule has 0 aliphatic heterocycles. The van der Waals surface area contributed by atoms with Gasteiger partial charge >= 0.3 is 0 Å². The normalized spacial score (nSPS) is 11.6. The van der Waals surface area contributed by atoms with Crippen molar-refractivity contribution in [2.75, 3.05) is 5.32 Å². The van der Waals surface area contributed by atoms with Crippen LogP contribution in [0, 0.1) is 0 Å². The molecule has 3 rings (SSSR count). The molecular formula is C22H22N2O2S. The molecule has 0 aliphatic rings. The molecule has 5 heteroatoms. The molecule has 0 unspecified atom stereocenters. The SMILES string of the molecule is CCc1cccc(NC(=O)[C@H](Cc2ccccc2)NC(=O)c2cccs2)c1. The van der Waals surface area contributed by atoms with E-state index in [0.29, 0.717) is 11.3 Å². The summed E-state index contributed by atoms with van der Waals surface area (Å²) >= 11 is 1.36.